The molecular weight excluding hydrogens is 480 g/mol. The van der Waals surface area contributed by atoms with Crippen molar-refractivity contribution < 1.29 is 14.3 Å². The molecule has 0 saturated carbocycles. The number of fused-ring (bicyclic) bond motifs is 3. The molecule has 1 aromatic heterocycles. The summed E-state index contributed by atoms with van der Waals surface area (Å²) in [5, 5.41) is 1.07. The Kier molecular flexibility index (Phi) is 7.02. The summed E-state index contributed by atoms with van der Waals surface area (Å²) >= 11 is 6.04. The Labute approximate surface area is 223 Å². The summed E-state index contributed by atoms with van der Waals surface area (Å²) in [5.74, 6) is 0.519. The van der Waals surface area contributed by atoms with Crippen LogP contribution in [-0.2, 0) is 35.6 Å². The predicted octanol–water partition coefficient (Wildman–Crippen LogP) is 6.30. The quantitative estimate of drug-likeness (QED) is 0.215. The third-order valence-electron chi connectivity index (χ3n) is 6.43. The zero-order valence-corrected chi connectivity index (χ0v) is 22.4. The summed E-state index contributed by atoms with van der Waals surface area (Å²) in [4.78, 5) is 15.9. The molecule has 0 aliphatic carbocycles. The molecule has 5 nitrogen and oxygen atoms in total. The smallest absolute Gasteiger partial charge is 0.326 e. The molecule has 0 amide bonds. The van der Waals surface area contributed by atoms with Crippen molar-refractivity contribution in [3.8, 4) is 5.75 Å². The van der Waals surface area contributed by atoms with Gasteiger partial charge in [0.05, 0.1) is 5.69 Å². The maximum atomic E-state index is 12.9. The number of esters is 1. The molecule has 0 atom stereocenters. The van der Waals surface area contributed by atoms with Crippen LogP contribution in [0.3, 0.4) is 0 Å². The molecule has 0 bridgehead atoms. The van der Waals surface area contributed by atoms with Gasteiger partial charge in [0.15, 0.2) is 0 Å². The number of nitrogens with zero attached hydrogens (tertiary/aromatic N) is 2. The maximum absolute atomic E-state index is 12.9. The SMILES string of the molecule is CC(C)(C)OC(=O)Cn1c2c(c3cc(OCc4ccccc4)ccc31)CCN(Cc1ccccc1)C2=S. The second kappa shape index (κ2) is 10.4. The Morgan fingerprint density at radius 1 is 0.946 bits per heavy atom. The number of benzene rings is 3. The Hall–Kier alpha value is -3.64. The van der Waals surface area contributed by atoms with Gasteiger partial charge in [-0.25, -0.2) is 0 Å². The van der Waals surface area contributed by atoms with Gasteiger partial charge in [0.25, 0.3) is 0 Å². The number of rotatable bonds is 7. The van der Waals surface area contributed by atoms with Crippen LogP contribution in [0.4, 0.5) is 0 Å². The van der Waals surface area contributed by atoms with E-state index in [2.05, 4.69) is 35.2 Å². The standard InChI is InChI=1S/C31H32N2O3S/c1-31(2,3)36-28(34)20-33-27-15-14-24(35-21-23-12-8-5-9-13-23)18-26(27)25-16-17-32(30(37)29(25)33)19-22-10-6-4-7-11-22/h4-15,18H,16-17,19-21H2,1-3H3. The Balaban J connectivity index is 1.50. The van der Waals surface area contributed by atoms with E-state index in [1.54, 1.807) is 0 Å². The molecule has 0 spiro atoms. The van der Waals surface area contributed by atoms with Crippen molar-refractivity contribution in [1.82, 2.24) is 9.47 Å². The minimum Gasteiger partial charge on any atom is -0.489 e. The van der Waals surface area contributed by atoms with Crippen molar-refractivity contribution in [2.75, 3.05) is 6.54 Å². The first-order valence-electron chi connectivity index (χ1n) is 12.7. The molecule has 37 heavy (non-hydrogen) atoms. The van der Waals surface area contributed by atoms with E-state index in [1.807, 2.05) is 73.9 Å². The Bertz CT molecular complexity index is 1420. The molecule has 1 aliphatic rings. The van der Waals surface area contributed by atoms with E-state index < -0.39 is 5.60 Å². The summed E-state index contributed by atoms with van der Waals surface area (Å²) in [6.07, 6.45) is 0.836. The van der Waals surface area contributed by atoms with Gasteiger partial charge in [-0.2, -0.15) is 0 Å². The van der Waals surface area contributed by atoms with Crippen LogP contribution in [0.25, 0.3) is 10.9 Å². The van der Waals surface area contributed by atoms with Gasteiger partial charge in [-0.15, -0.1) is 0 Å². The van der Waals surface area contributed by atoms with E-state index in [0.717, 1.165) is 58.0 Å². The van der Waals surface area contributed by atoms with Crippen LogP contribution in [0.1, 0.15) is 43.2 Å². The summed E-state index contributed by atoms with van der Waals surface area (Å²) in [7, 11) is 0. The molecule has 4 aromatic rings. The van der Waals surface area contributed by atoms with E-state index in [-0.39, 0.29) is 12.5 Å². The van der Waals surface area contributed by atoms with Gasteiger partial charge in [-0.05, 0) is 62.1 Å². The van der Waals surface area contributed by atoms with Crippen LogP contribution in [0, 0.1) is 0 Å². The predicted molar refractivity (Wildman–Crippen MR) is 151 cm³/mol. The van der Waals surface area contributed by atoms with Gasteiger partial charge in [0.2, 0.25) is 0 Å². The second-order valence-corrected chi connectivity index (χ2v) is 10.8. The molecule has 190 valence electrons. The van der Waals surface area contributed by atoms with Crippen LogP contribution < -0.4 is 4.74 Å². The first kappa shape index (κ1) is 25.0. The lowest BCUT2D eigenvalue weighted by Gasteiger charge is -2.31. The number of hydrogen-bond donors (Lipinski definition) is 0. The fourth-order valence-corrected chi connectivity index (χ4v) is 5.24. The van der Waals surface area contributed by atoms with Crippen molar-refractivity contribution in [3.63, 3.8) is 0 Å². The van der Waals surface area contributed by atoms with Crippen LogP contribution >= 0.6 is 12.2 Å². The number of carbonyl (C=O) groups is 1. The summed E-state index contributed by atoms with van der Waals surface area (Å²) < 4.78 is 13.8. The Morgan fingerprint density at radius 2 is 1.62 bits per heavy atom. The molecule has 0 saturated heterocycles. The molecular formula is C31H32N2O3S. The van der Waals surface area contributed by atoms with Gasteiger partial charge >= 0.3 is 5.97 Å². The third kappa shape index (κ3) is 5.70. The van der Waals surface area contributed by atoms with Crippen LogP contribution in [0.5, 0.6) is 5.75 Å². The van der Waals surface area contributed by atoms with Gasteiger partial charge in [-0.3, -0.25) is 4.79 Å². The summed E-state index contributed by atoms with van der Waals surface area (Å²) in [5.41, 5.74) is 4.82. The fourth-order valence-electron chi connectivity index (χ4n) is 4.85. The molecule has 0 radical (unpaired) electrons. The van der Waals surface area contributed by atoms with Crippen molar-refractivity contribution in [1.29, 1.82) is 0 Å². The van der Waals surface area contributed by atoms with Crippen molar-refractivity contribution in [2.45, 2.75) is 52.5 Å². The molecule has 2 heterocycles. The highest BCUT2D eigenvalue weighted by Gasteiger charge is 2.30. The molecule has 5 rings (SSSR count). The van der Waals surface area contributed by atoms with E-state index >= 15 is 0 Å². The van der Waals surface area contributed by atoms with E-state index in [9.17, 15) is 4.79 Å². The molecule has 0 unspecified atom stereocenters. The highest BCUT2D eigenvalue weighted by Crippen LogP contribution is 2.34. The number of carbonyl (C=O) groups excluding carboxylic acids is 1. The average molecular weight is 513 g/mol. The fraction of sp³-hybridized carbons (Fsp3) is 0.290. The third-order valence-corrected chi connectivity index (χ3v) is 6.88. The highest BCUT2D eigenvalue weighted by molar-refractivity contribution is 7.80. The molecule has 6 heteroatoms. The zero-order valence-electron chi connectivity index (χ0n) is 21.6. The van der Waals surface area contributed by atoms with Gasteiger partial charge < -0.3 is 18.9 Å². The van der Waals surface area contributed by atoms with Crippen LogP contribution in [0.15, 0.2) is 78.9 Å². The number of hydrogen-bond acceptors (Lipinski definition) is 4. The average Bonchev–Trinajstić information content (AvgIpc) is 3.18. The van der Waals surface area contributed by atoms with Crippen molar-refractivity contribution in [2.24, 2.45) is 0 Å². The maximum Gasteiger partial charge on any atom is 0.326 e. The highest BCUT2D eigenvalue weighted by atomic mass is 32.1. The molecule has 0 N–H and O–H groups in total. The van der Waals surface area contributed by atoms with E-state index in [0.29, 0.717) is 6.61 Å². The minimum absolute atomic E-state index is 0.104. The molecule has 0 fully saturated rings. The van der Waals surface area contributed by atoms with Crippen molar-refractivity contribution in [3.05, 3.63) is 101 Å². The monoisotopic (exact) mass is 512 g/mol. The first-order valence-corrected chi connectivity index (χ1v) is 13.1. The molecule has 3 aromatic carbocycles. The normalized spacial score (nSPS) is 13.5. The summed E-state index contributed by atoms with van der Waals surface area (Å²) in [6, 6.07) is 26.5. The minimum atomic E-state index is -0.557. The number of aromatic nitrogens is 1. The van der Waals surface area contributed by atoms with Gasteiger partial charge in [0, 0.05) is 24.0 Å². The van der Waals surface area contributed by atoms with Crippen molar-refractivity contribution >= 4 is 34.1 Å². The lowest BCUT2D eigenvalue weighted by Crippen LogP contribution is -2.38. The Morgan fingerprint density at radius 3 is 2.30 bits per heavy atom. The van der Waals surface area contributed by atoms with E-state index in [4.69, 9.17) is 21.7 Å². The van der Waals surface area contributed by atoms with Gasteiger partial charge in [-0.1, -0.05) is 72.9 Å². The van der Waals surface area contributed by atoms with Crippen LogP contribution in [-0.4, -0.2) is 32.6 Å². The largest absolute Gasteiger partial charge is 0.489 e. The number of ether oxygens (including phenoxy) is 2. The van der Waals surface area contributed by atoms with Gasteiger partial charge in [0.1, 0.15) is 29.5 Å². The zero-order chi connectivity index (χ0) is 26.0. The lowest BCUT2D eigenvalue weighted by atomic mass is 10.0. The first-order chi connectivity index (χ1) is 17.8. The summed E-state index contributed by atoms with van der Waals surface area (Å²) in [6.45, 7) is 7.81. The van der Waals surface area contributed by atoms with E-state index in [1.165, 1.54) is 5.56 Å². The van der Waals surface area contributed by atoms with Crippen LogP contribution in [0.2, 0.25) is 0 Å². The molecule has 1 aliphatic heterocycles. The lowest BCUT2D eigenvalue weighted by molar-refractivity contribution is -0.155. The number of thiocarbonyl (C=S) groups is 1. The second-order valence-electron chi connectivity index (χ2n) is 10.4. The topological polar surface area (TPSA) is 43.7 Å².